The highest BCUT2D eigenvalue weighted by Gasteiger charge is 2.86. The number of fused-ring (bicyclic) bond motifs is 7. The molecule has 3 atom stereocenters. The van der Waals surface area contributed by atoms with E-state index in [1.165, 1.54) is 160 Å². The van der Waals surface area contributed by atoms with Crippen LogP contribution in [0.5, 0.6) is 0 Å². The van der Waals surface area contributed by atoms with Crippen LogP contribution in [0.4, 0.5) is 8.78 Å². The lowest BCUT2D eigenvalue weighted by molar-refractivity contribution is -0.420. The molecule has 0 N–H and O–H groups in total. The van der Waals surface area contributed by atoms with E-state index in [1.807, 2.05) is 13.8 Å². The highest BCUT2D eigenvalue weighted by molar-refractivity contribution is 5.28. The molecule has 18 bridgehead atoms. The van der Waals surface area contributed by atoms with E-state index in [0.29, 0.717) is 0 Å². The third-order valence-corrected chi connectivity index (χ3v) is 34.2. The van der Waals surface area contributed by atoms with Crippen molar-refractivity contribution in [1.29, 1.82) is 0 Å². The minimum atomic E-state index is -2.37. The van der Waals surface area contributed by atoms with Gasteiger partial charge in [-0.25, -0.2) is 8.78 Å². The van der Waals surface area contributed by atoms with E-state index in [9.17, 15) is 8.78 Å². The number of hydrogen-bond acceptors (Lipinski definition) is 0. The third kappa shape index (κ3) is 13.6. The average molecular weight is 1270 g/mol. The van der Waals surface area contributed by atoms with Gasteiger partial charge in [0.1, 0.15) is 0 Å². The molecule has 25 aliphatic carbocycles. The minimum absolute atomic E-state index is 0. The maximum Gasteiger partial charge on any atom is 0.259 e. The first-order chi connectivity index (χ1) is 40.7. The van der Waals surface area contributed by atoms with Crippen molar-refractivity contribution in [3.63, 3.8) is 0 Å². The van der Waals surface area contributed by atoms with Crippen molar-refractivity contribution in [2.45, 2.75) is 406 Å². The number of halogens is 2. The molecule has 0 heterocycles. The SMILES string of the molecule is C.C.CC(C)C12CC(C)(C1)C2.CC(C)C12CC(C)(C1)C2.CC(C)C12CC(C)(C1)C2.CC(C)C12CC(C)(C1)C2.CC(C)C12CC(C)(C1)C2(F)F.CC(C)C12CCC(C)(CC1)C2.CC(C)C12CCC(C)(CC1)CC2.CC(C)C1CC2CCC1C2.CC(C)CC12CC(C1)C2. The standard InChI is InChI=1S/C12H22.C11H20.C10H18.C9H14F2.5C9H16.2CH4/c1-10(2)12-7-4-11(3,5-8-12)6-9-12;1-9(2)11-6-4-10(3,8-11)5-7-11;1-7(2)10-6-8-3-4-9(10)5-8;1-6(2)8-4-7(3,5-8)9(8,10)11;4*1-7(2)9-4-8(3,5-9)6-9;1-7(2)3-9-4-8(5-9)6-9;;/h10H,4-9H2,1-3H3;9H,4-8H2,1-3H3;7-10H,3-6H2,1-2H3;6H,4-5H2,1-3H3;4*7H,4-6H2,1-3H3;7-8H,3-6H2,1-2H3;2*1H4. The van der Waals surface area contributed by atoms with Crippen LogP contribution in [0.25, 0.3) is 0 Å². The fourth-order valence-corrected chi connectivity index (χ4v) is 27.5. The summed E-state index contributed by atoms with van der Waals surface area (Å²) in [4.78, 5) is 0. The number of hydrogen-bond donors (Lipinski definition) is 0. The first-order valence-electron chi connectivity index (χ1n) is 40.1. The van der Waals surface area contributed by atoms with Crippen LogP contribution in [-0.4, -0.2) is 5.92 Å². The molecule has 0 spiro atoms. The van der Waals surface area contributed by atoms with Crippen molar-refractivity contribution in [3.8, 4) is 0 Å². The zero-order valence-electron chi connectivity index (χ0n) is 64.6. The molecular formula is C89H162F2. The quantitative estimate of drug-likeness (QED) is 0.205. The van der Waals surface area contributed by atoms with Gasteiger partial charge in [-0.2, -0.15) is 0 Å². The van der Waals surface area contributed by atoms with Crippen molar-refractivity contribution in [2.24, 2.45) is 158 Å². The molecule has 25 aliphatic rings. The highest BCUT2D eigenvalue weighted by Crippen LogP contribution is 2.84. The molecule has 3 unspecified atom stereocenters. The lowest BCUT2D eigenvalue weighted by Gasteiger charge is -2.76. The average Bonchev–Trinajstić information content (AvgIpc) is 1.03. The van der Waals surface area contributed by atoms with Gasteiger partial charge >= 0.3 is 0 Å². The molecule has 0 amide bonds. The molecule has 25 fully saturated rings. The maximum atomic E-state index is 13.3. The second-order valence-electron chi connectivity index (χ2n) is 44.7. The van der Waals surface area contributed by atoms with E-state index in [1.54, 1.807) is 51.9 Å². The van der Waals surface area contributed by atoms with Crippen molar-refractivity contribution in [3.05, 3.63) is 0 Å². The van der Waals surface area contributed by atoms with Crippen molar-refractivity contribution < 1.29 is 8.78 Å². The van der Waals surface area contributed by atoms with Crippen molar-refractivity contribution in [2.75, 3.05) is 0 Å². The van der Waals surface area contributed by atoms with Crippen LogP contribution in [0.3, 0.4) is 0 Å². The van der Waals surface area contributed by atoms with Crippen molar-refractivity contribution in [1.82, 2.24) is 0 Å². The van der Waals surface area contributed by atoms with Gasteiger partial charge in [0.2, 0.25) is 0 Å². The third-order valence-electron chi connectivity index (χ3n) is 34.2. The van der Waals surface area contributed by atoms with Gasteiger partial charge in [-0.3, -0.25) is 0 Å². The molecule has 0 nitrogen and oxygen atoms in total. The fraction of sp³-hybridized carbons (Fsp3) is 1.00. The van der Waals surface area contributed by atoms with Gasteiger partial charge in [-0.15, -0.1) is 0 Å². The van der Waals surface area contributed by atoms with E-state index in [2.05, 4.69) is 152 Å². The molecule has 0 saturated heterocycles. The normalized spacial score (nSPS) is 49.6. The summed E-state index contributed by atoms with van der Waals surface area (Å²) in [5.41, 5.74) is 9.24. The Hall–Kier alpha value is -0.140. The van der Waals surface area contributed by atoms with Crippen LogP contribution in [0.2, 0.25) is 0 Å². The zero-order valence-corrected chi connectivity index (χ0v) is 64.6. The van der Waals surface area contributed by atoms with Gasteiger partial charge in [0.15, 0.2) is 0 Å². The number of rotatable bonds is 10. The van der Waals surface area contributed by atoms with Crippen LogP contribution in [0, 0.1) is 158 Å². The molecule has 0 radical (unpaired) electrons. The summed E-state index contributed by atoms with van der Waals surface area (Å²) in [6, 6.07) is 0. The van der Waals surface area contributed by atoms with Crippen LogP contribution in [0.1, 0.15) is 400 Å². The summed E-state index contributed by atoms with van der Waals surface area (Å²) in [6.45, 7) is 58.4. The second kappa shape index (κ2) is 25.2. The lowest BCUT2D eigenvalue weighted by atomic mass is 9.30. The number of alkyl halides is 2. The second-order valence-corrected chi connectivity index (χ2v) is 44.7. The van der Waals surface area contributed by atoms with Crippen LogP contribution in [0.15, 0.2) is 0 Å². The Morgan fingerprint density at radius 3 is 0.758 bits per heavy atom. The largest absolute Gasteiger partial charge is 0.259 e. The molecule has 2 heteroatoms. The molecular weight excluding hydrogens is 1110 g/mol. The molecule has 532 valence electrons. The molecule has 25 rings (SSSR count). The monoisotopic (exact) mass is 1270 g/mol. The predicted molar refractivity (Wildman–Crippen MR) is 394 cm³/mol. The van der Waals surface area contributed by atoms with Gasteiger partial charge in [0, 0.05) is 10.8 Å². The Morgan fingerprint density at radius 2 is 0.626 bits per heavy atom. The Kier molecular flexibility index (Phi) is 21.2. The van der Waals surface area contributed by atoms with E-state index in [-0.39, 0.29) is 20.8 Å². The highest BCUT2D eigenvalue weighted by atomic mass is 19.3. The van der Waals surface area contributed by atoms with Gasteiger partial charge in [0.05, 0.1) is 0 Å². The smallest absolute Gasteiger partial charge is 0.206 e. The fourth-order valence-electron chi connectivity index (χ4n) is 27.5. The summed E-state index contributed by atoms with van der Waals surface area (Å²) >= 11 is 0. The minimum Gasteiger partial charge on any atom is -0.206 e. The summed E-state index contributed by atoms with van der Waals surface area (Å²) in [5.74, 6) is 9.81. The molecule has 0 aromatic carbocycles. The Balaban J connectivity index is 0.000000132. The zero-order chi connectivity index (χ0) is 65.8. The van der Waals surface area contributed by atoms with Gasteiger partial charge in [0.25, 0.3) is 5.92 Å². The molecule has 0 aromatic heterocycles. The van der Waals surface area contributed by atoms with E-state index >= 15 is 0 Å². The molecule has 91 heavy (non-hydrogen) atoms. The van der Waals surface area contributed by atoms with E-state index in [4.69, 9.17) is 0 Å². The van der Waals surface area contributed by atoms with E-state index in [0.717, 1.165) is 148 Å². The van der Waals surface area contributed by atoms with Gasteiger partial charge < -0.3 is 0 Å². The Morgan fingerprint density at radius 1 is 0.319 bits per heavy atom. The van der Waals surface area contributed by atoms with E-state index < -0.39 is 16.8 Å². The molecule has 0 aromatic rings. The van der Waals surface area contributed by atoms with Crippen LogP contribution < -0.4 is 0 Å². The predicted octanol–water partition coefficient (Wildman–Crippen LogP) is 29.2. The van der Waals surface area contributed by atoms with Gasteiger partial charge in [-0.1, -0.05) is 194 Å². The molecule has 0 aliphatic heterocycles. The van der Waals surface area contributed by atoms with Crippen LogP contribution >= 0.6 is 0 Å². The first kappa shape index (κ1) is 76.6. The Labute approximate surface area is 569 Å². The Bertz CT molecular complexity index is 2160. The summed E-state index contributed by atoms with van der Waals surface area (Å²) in [6.07, 6.45) is 48.9. The summed E-state index contributed by atoms with van der Waals surface area (Å²) in [5, 5.41) is 0. The molecule has 25 saturated carbocycles. The van der Waals surface area contributed by atoms with Crippen LogP contribution in [-0.2, 0) is 0 Å². The van der Waals surface area contributed by atoms with Gasteiger partial charge in [-0.05, 0) is 353 Å². The lowest BCUT2D eigenvalue weighted by Crippen LogP contribution is -2.79. The maximum absolute atomic E-state index is 13.3. The summed E-state index contributed by atoms with van der Waals surface area (Å²) in [7, 11) is 0. The summed E-state index contributed by atoms with van der Waals surface area (Å²) < 4.78 is 26.5. The first-order valence-corrected chi connectivity index (χ1v) is 40.1. The van der Waals surface area contributed by atoms with Crippen molar-refractivity contribution >= 4 is 0 Å². The topological polar surface area (TPSA) is 0 Å².